The number of nitrogens with zero attached hydrogens (tertiary/aromatic N) is 1. The summed E-state index contributed by atoms with van der Waals surface area (Å²) in [5.41, 5.74) is 0.917. The van der Waals surface area contributed by atoms with Gasteiger partial charge in [-0.2, -0.15) is 0 Å². The largest absolute Gasteiger partial charge is 0.491 e. The average Bonchev–Trinajstić information content (AvgIpc) is 2.41. The van der Waals surface area contributed by atoms with Gasteiger partial charge in [0.2, 0.25) is 0 Å². The van der Waals surface area contributed by atoms with Crippen LogP contribution < -0.4 is 4.74 Å². The van der Waals surface area contributed by atoms with E-state index in [0.29, 0.717) is 30.4 Å². The van der Waals surface area contributed by atoms with Gasteiger partial charge in [-0.3, -0.25) is 4.90 Å². The Balaban J connectivity index is 2.41. The first-order valence-electron chi connectivity index (χ1n) is 6.58. The molecule has 1 atom stereocenters. The van der Waals surface area contributed by atoms with Crippen molar-refractivity contribution in [1.29, 1.82) is 0 Å². The molecule has 0 amide bonds. The molecule has 0 aliphatic heterocycles. The number of benzene rings is 1. The molecule has 0 saturated carbocycles. The van der Waals surface area contributed by atoms with Gasteiger partial charge >= 0.3 is 0 Å². The molecule has 114 valence electrons. The number of halogens is 1. The third-order valence-corrected chi connectivity index (χ3v) is 3.30. The molecular formula is C14H22ClNO4. The summed E-state index contributed by atoms with van der Waals surface area (Å²) >= 11 is 5.92. The highest BCUT2D eigenvalue weighted by molar-refractivity contribution is 6.31. The summed E-state index contributed by atoms with van der Waals surface area (Å²) in [6.45, 7) is 3.18. The monoisotopic (exact) mass is 303 g/mol. The molecule has 1 rings (SSSR count). The number of hydrogen-bond donors (Lipinski definition) is 3. The number of aliphatic hydroxyl groups excluding tert-OH is 3. The maximum atomic E-state index is 9.90. The SMILES string of the molecule is Cc1cc(OC[C@@H](O)CN(CCO)CCO)ccc1Cl. The van der Waals surface area contributed by atoms with Gasteiger partial charge in [-0.05, 0) is 30.7 Å². The number of ether oxygens (including phenoxy) is 1. The fourth-order valence-electron chi connectivity index (χ4n) is 1.83. The predicted molar refractivity (Wildman–Crippen MR) is 78.3 cm³/mol. The van der Waals surface area contributed by atoms with Crippen molar-refractivity contribution in [2.45, 2.75) is 13.0 Å². The summed E-state index contributed by atoms with van der Waals surface area (Å²) in [6.07, 6.45) is -0.691. The molecule has 0 aromatic heterocycles. The van der Waals surface area contributed by atoms with Crippen LogP contribution in [0.3, 0.4) is 0 Å². The van der Waals surface area contributed by atoms with Gasteiger partial charge in [0.15, 0.2) is 0 Å². The van der Waals surface area contributed by atoms with Crippen molar-refractivity contribution >= 4 is 11.6 Å². The predicted octanol–water partition coefficient (Wildman–Crippen LogP) is 0.675. The van der Waals surface area contributed by atoms with Gasteiger partial charge in [-0.15, -0.1) is 0 Å². The van der Waals surface area contributed by atoms with Crippen molar-refractivity contribution in [3.05, 3.63) is 28.8 Å². The Kier molecular flexibility index (Phi) is 7.87. The fraction of sp³-hybridized carbons (Fsp3) is 0.571. The van der Waals surface area contributed by atoms with E-state index in [-0.39, 0.29) is 19.8 Å². The van der Waals surface area contributed by atoms with Gasteiger partial charge in [0, 0.05) is 24.7 Å². The lowest BCUT2D eigenvalue weighted by Gasteiger charge is -2.23. The lowest BCUT2D eigenvalue weighted by Crippen LogP contribution is -2.38. The van der Waals surface area contributed by atoms with Gasteiger partial charge in [0.05, 0.1) is 13.2 Å². The van der Waals surface area contributed by atoms with E-state index in [1.165, 1.54) is 0 Å². The van der Waals surface area contributed by atoms with Crippen LogP contribution in [0.4, 0.5) is 0 Å². The quantitative estimate of drug-likeness (QED) is 0.625. The summed E-state index contributed by atoms with van der Waals surface area (Å²) in [5, 5.41) is 28.4. The van der Waals surface area contributed by atoms with E-state index in [2.05, 4.69) is 0 Å². The number of rotatable bonds is 9. The molecule has 20 heavy (non-hydrogen) atoms. The molecule has 0 heterocycles. The van der Waals surface area contributed by atoms with Crippen LogP contribution >= 0.6 is 11.6 Å². The Labute approximate surface area is 124 Å². The summed E-state index contributed by atoms with van der Waals surface area (Å²) < 4.78 is 5.50. The molecule has 0 bridgehead atoms. The highest BCUT2D eigenvalue weighted by Crippen LogP contribution is 2.21. The second kappa shape index (κ2) is 9.15. The molecule has 1 aromatic rings. The number of aliphatic hydroxyl groups is 3. The average molecular weight is 304 g/mol. The van der Waals surface area contributed by atoms with Crippen LogP contribution in [-0.4, -0.2) is 65.8 Å². The van der Waals surface area contributed by atoms with E-state index in [1.54, 1.807) is 17.0 Å². The zero-order chi connectivity index (χ0) is 15.0. The van der Waals surface area contributed by atoms with Gasteiger partial charge in [0.25, 0.3) is 0 Å². The van der Waals surface area contributed by atoms with Gasteiger partial charge in [0.1, 0.15) is 18.5 Å². The first kappa shape index (κ1) is 17.2. The van der Waals surface area contributed by atoms with E-state index in [9.17, 15) is 5.11 Å². The zero-order valence-corrected chi connectivity index (χ0v) is 12.4. The van der Waals surface area contributed by atoms with E-state index in [0.717, 1.165) is 5.56 Å². The molecule has 3 N–H and O–H groups in total. The van der Waals surface area contributed by atoms with Crippen molar-refractivity contribution in [3.63, 3.8) is 0 Å². The molecule has 1 aromatic carbocycles. The number of aryl methyl sites for hydroxylation is 1. The molecule has 0 aliphatic rings. The smallest absolute Gasteiger partial charge is 0.119 e. The molecule has 0 aliphatic carbocycles. The van der Waals surface area contributed by atoms with Gasteiger partial charge in [-0.1, -0.05) is 11.6 Å². The van der Waals surface area contributed by atoms with Crippen LogP contribution in [0.1, 0.15) is 5.56 Å². The topological polar surface area (TPSA) is 73.2 Å². The lowest BCUT2D eigenvalue weighted by atomic mass is 10.2. The minimum atomic E-state index is -0.691. The molecule has 5 nitrogen and oxygen atoms in total. The lowest BCUT2D eigenvalue weighted by molar-refractivity contribution is 0.0552. The Morgan fingerprint density at radius 1 is 1.25 bits per heavy atom. The van der Waals surface area contributed by atoms with Gasteiger partial charge < -0.3 is 20.1 Å². The van der Waals surface area contributed by atoms with Crippen LogP contribution in [0.2, 0.25) is 5.02 Å². The van der Waals surface area contributed by atoms with Crippen molar-refractivity contribution in [2.24, 2.45) is 0 Å². The molecule has 0 unspecified atom stereocenters. The molecular weight excluding hydrogens is 282 g/mol. The fourth-order valence-corrected chi connectivity index (χ4v) is 1.94. The van der Waals surface area contributed by atoms with Crippen molar-refractivity contribution in [3.8, 4) is 5.75 Å². The third-order valence-electron chi connectivity index (χ3n) is 2.87. The van der Waals surface area contributed by atoms with Crippen LogP contribution in [0, 0.1) is 6.92 Å². The second-order valence-electron chi connectivity index (χ2n) is 4.62. The normalized spacial score (nSPS) is 12.7. The third kappa shape index (κ3) is 6.07. The van der Waals surface area contributed by atoms with Crippen LogP contribution in [-0.2, 0) is 0 Å². The summed E-state index contributed by atoms with van der Waals surface area (Å²) in [5.74, 6) is 0.654. The van der Waals surface area contributed by atoms with Crippen LogP contribution in [0.15, 0.2) is 18.2 Å². The molecule has 0 radical (unpaired) electrons. The molecule has 0 spiro atoms. The van der Waals surface area contributed by atoms with E-state index < -0.39 is 6.10 Å². The van der Waals surface area contributed by atoms with Gasteiger partial charge in [-0.25, -0.2) is 0 Å². The van der Waals surface area contributed by atoms with Crippen LogP contribution in [0.25, 0.3) is 0 Å². The second-order valence-corrected chi connectivity index (χ2v) is 5.03. The van der Waals surface area contributed by atoms with E-state index in [1.807, 2.05) is 13.0 Å². The summed E-state index contributed by atoms with van der Waals surface area (Å²) in [6, 6.07) is 5.32. The van der Waals surface area contributed by atoms with E-state index >= 15 is 0 Å². The number of hydrogen-bond acceptors (Lipinski definition) is 5. The first-order chi connectivity index (χ1) is 9.56. The minimum absolute atomic E-state index is 0.00996. The minimum Gasteiger partial charge on any atom is -0.491 e. The highest BCUT2D eigenvalue weighted by Gasteiger charge is 2.12. The zero-order valence-electron chi connectivity index (χ0n) is 11.6. The van der Waals surface area contributed by atoms with Crippen molar-refractivity contribution in [2.75, 3.05) is 39.5 Å². The Morgan fingerprint density at radius 2 is 1.90 bits per heavy atom. The van der Waals surface area contributed by atoms with E-state index in [4.69, 9.17) is 26.6 Å². The molecule has 6 heteroatoms. The standard InChI is InChI=1S/C14H22ClNO4/c1-11-8-13(2-3-14(11)15)20-10-12(19)9-16(4-6-17)5-7-18/h2-3,8,12,17-19H,4-7,9-10H2,1H3/t12-/m0/s1. The Hall–Kier alpha value is -0.850. The summed E-state index contributed by atoms with van der Waals surface area (Å²) in [7, 11) is 0. The maximum Gasteiger partial charge on any atom is 0.119 e. The molecule has 0 saturated heterocycles. The summed E-state index contributed by atoms with van der Waals surface area (Å²) in [4.78, 5) is 1.78. The Morgan fingerprint density at radius 3 is 2.45 bits per heavy atom. The molecule has 0 fully saturated rings. The van der Waals surface area contributed by atoms with Crippen LogP contribution in [0.5, 0.6) is 5.75 Å². The van der Waals surface area contributed by atoms with Crippen molar-refractivity contribution < 1.29 is 20.1 Å². The Bertz CT molecular complexity index is 397. The maximum absolute atomic E-state index is 9.90. The highest BCUT2D eigenvalue weighted by atomic mass is 35.5. The van der Waals surface area contributed by atoms with Crippen molar-refractivity contribution in [1.82, 2.24) is 4.90 Å². The first-order valence-corrected chi connectivity index (χ1v) is 6.95.